The van der Waals surface area contributed by atoms with Crippen LogP contribution in [0.2, 0.25) is 0 Å². The second-order valence-corrected chi connectivity index (χ2v) is 13.9. The third kappa shape index (κ3) is 5.61. The average Bonchev–Trinajstić information content (AvgIpc) is 3.45. The van der Waals surface area contributed by atoms with Crippen LogP contribution in [-0.2, 0) is 31.5 Å². The number of hydrogen-bond acceptors (Lipinski definition) is 8. The first-order valence-corrected chi connectivity index (χ1v) is 14.5. The van der Waals surface area contributed by atoms with E-state index in [0.29, 0.717) is 23.6 Å². The Morgan fingerprint density at radius 1 is 1.22 bits per heavy atom. The van der Waals surface area contributed by atoms with E-state index in [0.717, 1.165) is 23.3 Å². The first-order valence-electron chi connectivity index (χ1n) is 12.3. The molecule has 1 fully saturated rings. The zero-order valence-corrected chi connectivity index (χ0v) is 23.8. The van der Waals surface area contributed by atoms with Gasteiger partial charge in [-0.1, -0.05) is 0 Å². The molecule has 0 saturated carbocycles. The molecule has 2 aliphatic heterocycles. The summed E-state index contributed by atoms with van der Waals surface area (Å²) in [7, 11) is -0.866. The van der Waals surface area contributed by atoms with Gasteiger partial charge < -0.3 is 20.1 Å². The number of likely N-dealkylation sites (N-methyl/N-ethyl adjacent to an activating group) is 1. The van der Waals surface area contributed by atoms with E-state index in [1.807, 2.05) is 13.8 Å². The fourth-order valence-electron chi connectivity index (χ4n) is 5.24. The fourth-order valence-corrected chi connectivity index (χ4v) is 7.70. The number of methoxy groups -OCH3 is 1. The van der Waals surface area contributed by atoms with Crippen LogP contribution in [0.4, 0.5) is 5.00 Å². The highest BCUT2D eigenvalue weighted by atomic mass is 32.2. The van der Waals surface area contributed by atoms with Crippen molar-refractivity contribution in [3.8, 4) is 0 Å². The van der Waals surface area contributed by atoms with Crippen molar-refractivity contribution in [3.05, 3.63) is 45.8 Å². The molecule has 1 aromatic heterocycles. The third-order valence-corrected chi connectivity index (χ3v) is 10.1. The number of thiophene rings is 1. The second kappa shape index (κ2) is 10.1. The monoisotopic (exact) mass is 549 g/mol. The second-order valence-electron chi connectivity index (χ2n) is 10.8. The number of sulfonamides is 1. The summed E-state index contributed by atoms with van der Waals surface area (Å²) in [4.78, 5) is 27.0. The van der Waals surface area contributed by atoms with Crippen LogP contribution in [-0.4, -0.2) is 63.6 Å². The number of amides is 1. The maximum absolute atomic E-state index is 13.2. The number of anilines is 1. The maximum Gasteiger partial charge on any atom is 0.341 e. The minimum absolute atomic E-state index is 0.0986. The van der Waals surface area contributed by atoms with Crippen LogP contribution in [0.3, 0.4) is 0 Å². The molecular formula is C26H35N3O6S2. The molecule has 0 spiro atoms. The number of rotatable bonds is 7. The normalized spacial score (nSPS) is 20.5. The molecule has 2 aliphatic rings. The molecule has 1 atom stereocenters. The van der Waals surface area contributed by atoms with Gasteiger partial charge in [-0.3, -0.25) is 4.79 Å². The molecule has 2 aromatic rings. The van der Waals surface area contributed by atoms with Gasteiger partial charge in [0, 0.05) is 41.7 Å². The molecular weight excluding hydrogens is 514 g/mol. The minimum Gasteiger partial charge on any atom is -0.465 e. The first-order chi connectivity index (χ1) is 17.2. The van der Waals surface area contributed by atoms with E-state index in [2.05, 4.69) is 24.5 Å². The first kappa shape index (κ1) is 27.7. The van der Waals surface area contributed by atoms with Crippen molar-refractivity contribution in [3.63, 3.8) is 0 Å². The highest BCUT2D eigenvalue weighted by Gasteiger charge is 2.42. The number of hydrogen-bond donors (Lipinski definition) is 2. The Morgan fingerprint density at radius 2 is 1.89 bits per heavy atom. The van der Waals surface area contributed by atoms with E-state index >= 15 is 0 Å². The van der Waals surface area contributed by atoms with Crippen LogP contribution in [0.25, 0.3) is 0 Å². The Morgan fingerprint density at radius 3 is 2.49 bits per heavy atom. The van der Waals surface area contributed by atoms with Gasteiger partial charge in [0.25, 0.3) is 5.91 Å². The number of esters is 1. The molecule has 0 aliphatic carbocycles. The number of carbonyl (C=O) groups is 2. The lowest BCUT2D eigenvalue weighted by Crippen LogP contribution is -2.55. The van der Waals surface area contributed by atoms with Gasteiger partial charge >= 0.3 is 5.97 Å². The van der Waals surface area contributed by atoms with Gasteiger partial charge in [-0.05, 0) is 76.8 Å². The lowest BCUT2D eigenvalue weighted by atomic mass is 9.81. The van der Waals surface area contributed by atoms with Crippen molar-refractivity contribution < 1.29 is 27.5 Å². The lowest BCUT2D eigenvalue weighted by Gasteiger charge is -2.42. The van der Waals surface area contributed by atoms with Crippen molar-refractivity contribution in [2.24, 2.45) is 0 Å². The number of benzene rings is 1. The Balaban J connectivity index is 1.57. The Kier molecular flexibility index (Phi) is 7.57. The lowest BCUT2D eigenvalue weighted by molar-refractivity contribution is 0.0600. The van der Waals surface area contributed by atoms with Crippen molar-refractivity contribution in [1.82, 2.24) is 9.62 Å². The van der Waals surface area contributed by atoms with Crippen molar-refractivity contribution in [1.29, 1.82) is 0 Å². The Hall–Kier alpha value is -2.31. The van der Waals surface area contributed by atoms with Crippen molar-refractivity contribution >= 4 is 38.2 Å². The molecule has 11 heteroatoms. The molecule has 1 saturated heterocycles. The minimum atomic E-state index is -3.72. The Bertz CT molecular complexity index is 1290. The van der Waals surface area contributed by atoms with E-state index in [4.69, 9.17) is 9.47 Å². The molecule has 1 unspecified atom stereocenters. The Labute approximate surface area is 222 Å². The molecule has 2 N–H and O–H groups in total. The summed E-state index contributed by atoms with van der Waals surface area (Å²) >= 11 is 1.35. The summed E-state index contributed by atoms with van der Waals surface area (Å²) in [5.41, 5.74) is 0.865. The zero-order chi connectivity index (χ0) is 27.2. The van der Waals surface area contributed by atoms with E-state index in [1.165, 1.54) is 54.1 Å². The van der Waals surface area contributed by atoms with Gasteiger partial charge in [0.1, 0.15) is 5.00 Å². The van der Waals surface area contributed by atoms with Gasteiger partial charge in [-0.2, -0.15) is 4.31 Å². The van der Waals surface area contributed by atoms with Crippen molar-refractivity contribution in [2.75, 3.05) is 32.6 Å². The van der Waals surface area contributed by atoms with Gasteiger partial charge in [-0.15, -0.1) is 11.3 Å². The molecule has 0 radical (unpaired) electrons. The standard InChI is InChI=1S/C26H35N3O6S2/c1-25(2)14-19-20(24(31)34-6)23(36-21(19)26(3,4)28-25)27-22(30)16-9-11-18(12-10-16)37(32,33)29(5)15-17-8-7-13-35-17/h9-12,17,28H,7-8,13-15H2,1-6H3,(H,27,30). The third-order valence-electron chi connectivity index (χ3n) is 6.77. The SMILES string of the molecule is COC(=O)c1c(NC(=O)c2ccc(S(=O)(=O)N(C)CC3CCCO3)cc2)sc2c1CC(C)(C)NC2(C)C. The van der Waals surface area contributed by atoms with Crippen LogP contribution >= 0.6 is 11.3 Å². The fraction of sp³-hybridized carbons (Fsp3) is 0.538. The van der Waals surface area contributed by atoms with Gasteiger partial charge in [0.05, 0.1) is 23.7 Å². The number of carbonyl (C=O) groups excluding carboxylic acids is 2. The summed E-state index contributed by atoms with van der Waals surface area (Å²) in [6, 6.07) is 5.79. The van der Waals surface area contributed by atoms with Gasteiger partial charge in [0.2, 0.25) is 10.0 Å². The summed E-state index contributed by atoms with van der Waals surface area (Å²) in [6.07, 6.45) is 2.27. The maximum atomic E-state index is 13.2. The average molecular weight is 550 g/mol. The summed E-state index contributed by atoms with van der Waals surface area (Å²) in [6.45, 7) is 9.17. The molecule has 202 valence electrons. The van der Waals surface area contributed by atoms with Crippen LogP contribution in [0.1, 0.15) is 71.7 Å². The predicted molar refractivity (Wildman–Crippen MR) is 143 cm³/mol. The van der Waals surface area contributed by atoms with Gasteiger partial charge in [-0.25, -0.2) is 13.2 Å². The van der Waals surface area contributed by atoms with Crippen LogP contribution < -0.4 is 10.6 Å². The number of nitrogens with zero attached hydrogens (tertiary/aromatic N) is 1. The molecule has 0 bridgehead atoms. The zero-order valence-electron chi connectivity index (χ0n) is 22.1. The van der Waals surface area contributed by atoms with E-state index in [9.17, 15) is 18.0 Å². The largest absolute Gasteiger partial charge is 0.465 e. The van der Waals surface area contributed by atoms with Crippen molar-refractivity contribution in [2.45, 2.75) is 69.0 Å². The highest BCUT2D eigenvalue weighted by molar-refractivity contribution is 7.89. The molecule has 37 heavy (non-hydrogen) atoms. The molecule has 4 rings (SSSR count). The van der Waals surface area contributed by atoms with Crippen LogP contribution in [0.5, 0.6) is 0 Å². The quantitative estimate of drug-likeness (QED) is 0.506. The van der Waals surface area contributed by atoms with Crippen LogP contribution in [0.15, 0.2) is 29.2 Å². The number of nitrogens with one attached hydrogen (secondary N) is 2. The number of ether oxygens (including phenoxy) is 2. The predicted octanol–water partition coefficient (Wildman–Crippen LogP) is 3.75. The molecule has 1 aromatic carbocycles. The highest BCUT2D eigenvalue weighted by Crippen LogP contribution is 2.45. The molecule has 3 heterocycles. The number of fused-ring (bicyclic) bond motifs is 1. The van der Waals surface area contributed by atoms with E-state index < -0.39 is 27.4 Å². The summed E-state index contributed by atoms with van der Waals surface area (Å²) < 4.78 is 37.9. The summed E-state index contributed by atoms with van der Waals surface area (Å²) in [5, 5.41) is 6.89. The van der Waals surface area contributed by atoms with E-state index in [-0.39, 0.29) is 28.6 Å². The van der Waals surface area contributed by atoms with Gasteiger partial charge in [0.15, 0.2) is 0 Å². The molecule has 1 amide bonds. The summed E-state index contributed by atoms with van der Waals surface area (Å²) in [5.74, 6) is -0.942. The van der Waals surface area contributed by atoms with E-state index in [1.54, 1.807) is 0 Å². The van der Waals surface area contributed by atoms with Crippen LogP contribution in [0, 0.1) is 0 Å². The molecule has 9 nitrogen and oxygen atoms in total. The smallest absolute Gasteiger partial charge is 0.341 e. The topological polar surface area (TPSA) is 114 Å².